The molecule has 0 aliphatic carbocycles. The van der Waals surface area contributed by atoms with E-state index in [4.69, 9.17) is 5.11 Å². The molecular weight excluding hydrogens is 209 g/mol. The molecule has 1 rings (SSSR count). The van der Waals surface area contributed by atoms with Gasteiger partial charge in [-0.05, 0) is 0 Å². The van der Waals surface area contributed by atoms with Crippen LogP contribution in [-0.4, -0.2) is 40.6 Å². The summed E-state index contributed by atoms with van der Waals surface area (Å²) in [5, 5.41) is 10.3. The summed E-state index contributed by atoms with van der Waals surface area (Å²) >= 11 is 1.51. The molecule has 0 saturated carbocycles. The first-order chi connectivity index (χ1) is 4.70. The van der Waals surface area contributed by atoms with Gasteiger partial charge < -0.3 is 17.5 Å². The number of aryl methyl sites for hydroxylation is 1. The number of nitrogens with zero attached hydrogens (tertiary/aromatic N) is 1. The normalized spacial score (nSPS) is 8.08. The molecule has 0 bridgehead atoms. The number of hydrogen-bond donors (Lipinski definition) is 1. The van der Waals surface area contributed by atoms with Crippen LogP contribution in [0, 0.1) is 6.92 Å². The average molecular weight is 217 g/mol. The van der Waals surface area contributed by atoms with Crippen molar-refractivity contribution in [3.63, 3.8) is 0 Å². The molecule has 3 nitrogen and oxygen atoms in total. The zero-order valence-corrected chi connectivity index (χ0v) is 10.5. The minimum Gasteiger partial charge on any atom is -1.00 e. The Balaban J connectivity index is 0. The Morgan fingerprint density at radius 1 is 1.75 bits per heavy atom. The average Bonchev–Trinajstić information content (AvgIpc) is 2.15. The summed E-state index contributed by atoms with van der Waals surface area (Å²) in [6.45, 7) is 1.95. The molecule has 6 heteroatoms. The number of carboxylic acids is 1. The Labute approximate surface area is 103 Å². The molecule has 0 fully saturated rings. The van der Waals surface area contributed by atoms with Gasteiger partial charge in [0.05, 0.1) is 5.38 Å². The number of thiazole rings is 1. The van der Waals surface area contributed by atoms with Gasteiger partial charge in [-0.1, -0.05) is 11.3 Å². The van der Waals surface area contributed by atoms with Crippen molar-refractivity contribution in [3.05, 3.63) is 16.6 Å². The van der Waals surface area contributed by atoms with Gasteiger partial charge in [0.15, 0.2) is 5.69 Å². The van der Waals surface area contributed by atoms with E-state index in [0.29, 0.717) is 0 Å². The minimum absolute atomic E-state index is 0. The van der Waals surface area contributed by atoms with Gasteiger partial charge in [0.25, 0.3) is 0 Å². The van der Waals surface area contributed by atoms with E-state index in [0.717, 1.165) is 5.69 Å². The molecule has 12 heavy (non-hydrogen) atoms. The van der Waals surface area contributed by atoms with Gasteiger partial charge in [0, 0.05) is 36.5 Å². The number of rotatable bonds is 2. The number of aliphatic carboxylic acids is 1. The summed E-state index contributed by atoms with van der Waals surface area (Å²) in [6.07, 6.45) is 0. The second-order valence-corrected chi connectivity index (χ2v) is 2.74. The third-order valence-corrected chi connectivity index (χ3v) is 2.04. The molecule has 0 spiro atoms. The molecule has 0 aromatic carbocycles. The second-order valence-electron chi connectivity index (χ2n) is 2.02. The Bertz CT molecular complexity index is 253. The molecule has 0 atom stereocenters. The zero-order chi connectivity index (χ0) is 7.56. The third-order valence-electron chi connectivity index (χ3n) is 1.19. The quantitative estimate of drug-likeness (QED) is 0.424. The summed E-state index contributed by atoms with van der Waals surface area (Å²) < 4.78 is 1.70. The van der Waals surface area contributed by atoms with Crippen LogP contribution in [0.15, 0.2) is 10.9 Å². The molecule has 63 valence electrons. The number of halogens is 1. The van der Waals surface area contributed by atoms with Crippen molar-refractivity contribution in [2.45, 2.75) is 13.5 Å². The molecule has 1 N–H and O–H groups in total. The number of hydrogen-bond acceptors (Lipinski definition) is 2. The Morgan fingerprint density at radius 2 is 2.33 bits per heavy atom. The fourth-order valence-electron chi connectivity index (χ4n) is 0.661. The van der Waals surface area contributed by atoms with E-state index in [1.54, 1.807) is 10.1 Å². The fraction of sp³-hybridized carbons (Fsp3) is 0.333. The van der Waals surface area contributed by atoms with Crippen molar-refractivity contribution < 1.29 is 26.9 Å². The van der Waals surface area contributed by atoms with Crippen LogP contribution in [-0.2, 0) is 11.3 Å². The number of carbonyl (C=O) groups is 1. The predicted octanol–water partition coefficient (Wildman–Crippen LogP) is -2.95. The van der Waals surface area contributed by atoms with Gasteiger partial charge in [0.2, 0.25) is 12.1 Å². The van der Waals surface area contributed by atoms with Crippen molar-refractivity contribution in [1.29, 1.82) is 0 Å². The molecule has 0 saturated heterocycles. The monoisotopic (exact) mass is 216 g/mol. The Hall–Kier alpha value is 0.390. The molecule has 1 aromatic heterocycles. The Kier molecular flexibility index (Phi) is 8.51. The first-order valence-electron chi connectivity index (χ1n) is 2.84. The van der Waals surface area contributed by atoms with Gasteiger partial charge in [-0.2, -0.15) is 4.57 Å². The fourth-order valence-corrected chi connectivity index (χ4v) is 1.44. The van der Waals surface area contributed by atoms with Gasteiger partial charge in [0.1, 0.15) is 0 Å². The molecule has 0 aliphatic heterocycles. The molecule has 0 amide bonds. The minimum atomic E-state index is -0.800. The SMILES string of the molecule is Cc1csc[n+]1CC(=O)O.[Cl-].[Na]. The van der Waals surface area contributed by atoms with Crippen LogP contribution in [0.2, 0.25) is 0 Å². The van der Waals surface area contributed by atoms with E-state index in [-0.39, 0.29) is 48.5 Å². The summed E-state index contributed by atoms with van der Waals surface area (Å²) in [7, 11) is 0. The van der Waals surface area contributed by atoms with Gasteiger partial charge in [-0.15, -0.1) is 0 Å². The maximum absolute atomic E-state index is 10.2. The van der Waals surface area contributed by atoms with Gasteiger partial charge in [-0.25, -0.2) is 4.79 Å². The standard InChI is InChI=1S/C6H7NO2S.ClH.Na/c1-5-3-10-4-7(5)2-6(8)9;;/h3-4H,2H2,1H3;1H;. The first kappa shape index (κ1) is 14.9. The first-order valence-corrected chi connectivity index (χ1v) is 3.78. The van der Waals surface area contributed by atoms with Crippen molar-refractivity contribution in [1.82, 2.24) is 0 Å². The smallest absolute Gasteiger partial charge is 0.370 e. The molecule has 0 unspecified atom stereocenters. The van der Waals surface area contributed by atoms with Crippen LogP contribution < -0.4 is 17.0 Å². The topological polar surface area (TPSA) is 41.2 Å². The van der Waals surface area contributed by atoms with E-state index in [1.165, 1.54) is 11.3 Å². The number of aromatic nitrogens is 1. The third kappa shape index (κ3) is 4.42. The van der Waals surface area contributed by atoms with E-state index in [2.05, 4.69) is 0 Å². The second kappa shape index (κ2) is 6.86. The van der Waals surface area contributed by atoms with Crippen molar-refractivity contribution >= 4 is 46.9 Å². The summed E-state index contributed by atoms with van der Waals surface area (Å²) in [6, 6.07) is 0. The van der Waals surface area contributed by atoms with E-state index in [1.807, 2.05) is 12.3 Å². The van der Waals surface area contributed by atoms with Crippen LogP contribution in [0.1, 0.15) is 5.69 Å². The van der Waals surface area contributed by atoms with Gasteiger partial charge >= 0.3 is 5.97 Å². The number of carboxylic acid groups (broad SMARTS) is 1. The summed E-state index contributed by atoms with van der Waals surface area (Å²) in [5.74, 6) is -0.800. The van der Waals surface area contributed by atoms with Crippen molar-refractivity contribution in [2.75, 3.05) is 0 Å². The molecule has 1 heterocycles. The van der Waals surface area contributed by atoms with Crippen LogP contribution in [0.4, 0.5) is 0 Å². The van der Waals surface area contributed by atoms with Crippen LogP contribution in [0.25, 0.3) is 0 Å². The van der Waals surface area contributed by atoms with E-state index < -0.39 is 5.97 Å². The van der Waals surface area contributed by atoms with Gasteiger partial charge in [-0.3, -0.25) is 0 Å². The maximum atomic E-state index is 10.2. The van der Waals surface area contributed by atoms with Crippen LogP contribution in [0.3, 0.4) is 0 Å². The molecule has 1 radical (unpaired) electrons. The summed E-state index contributed by atoms with van der Waals surface area (Å²) in [5.41, 5.74) is 2.79. The van der Waals surface area contributed by atoms with E-state index in [9.17, 15) is 4.79 Å². The molecular formula is C6H8ClNNaO2S. The van der Waals surface area contributed by atoms with Crippen LogP contribution >= 0.6 is 11.3 Å². The van der Waals surface area contributed by atoms with Crippen LogP contribution in [0.5, 0.6) is 0 Å². The maximum Gasteiger partial charge on any atom is 0.370 e. The van der Waals surface area contributed by atoms with Crippen molar-refractivity contribution in [2.24, 2.45) is 0 Å². The zero-order valence-electron chi connectivity index (χ0n) is 6.95. The molecule has 1 aromatic rings. The Morgan fingerprint density at radius 3 is 2.67 bits per heavy atom. The molecule has 0 aliphatic rings. The summed E-state index contributed by atoms with van der Waals surface area (Å²) in [4.78, 5) is 10.2. The predicted molar refractivity (Wildman–Crippen MR) is 42.6 cm³/mol. The largest absolute Gasteiger partial charge is 1.00 e. The van der Waals surface area contributed by atoms with Crippen molar-refractivity contribution in [3.8, 4) is 0 Å². The van der Waals surface area contributed by atoms with E-state index >= 15 is 0 Å².